The lowest BCUT2D eigenvalue weighted by molar-refractivity contribution is -0.133. The van der Waals surface area contributed by atoms with Crippen LogP contribution in [0.3, 0.4) is 0 Å². The molecule has 1 heterocycles. The van der Waals surface area contributed by atoms with Crippen LogP contribution in [0.4, 0.5) is 0 Å². The van der Waals surface area contributed by atoms with E-state index < -0.39 is 0 Å². The Morgan fingerprint density at radius 3 is 2.60 bits per heavy atom. The van der Waals surface area contributed by atoms with E-state index in [1.165, 1.54) is 0 Å². The highest BCUT2D eigenvalue weighted by atomic mass is 16.5. The second-order valence-corrected chi connectivity index (χ2v) is 5.83. The molecule has 1 unspecified atom stereocenters. The number of ether oxygens (including phenoxy) is 1. The summed E-state index contributed by atoms with van der Waals surface area (Å²) in [6.07, 6.45) is 1.79. The van der Waals surface area contributed by atoms with E-state index in [1.54, 1.807) is 48.6 Å². The highest BCUT2D eigenvalue weighted by Gasteiger charge is 2.19. The summed E-state index contributed by atoms with van der Waals surface area (Å²) in [5, 5.41) is 2.86. The summed E-state index contributed by atoms with van der Waals surface area (Å²) in [5.74, 6) is 0.468. The van der Waals surface area contributed by atoms with Crippen LogP contribution < -0.4 is 5.32 Å². The zero-order valence-electron chi connectivity index (χ0n) is 14.6. The third kappa shape index (κ3) is 6.08. The quantitative estimate of drug-likeness (QED) is 0.758. The number of amides is 2. The van der Waals surface area contributed by atoms with Crippen LogP contribution in [-0.2, 0) is 16.1 Å². The van der Waals surface area contributed by atoms with Gasteiger partial charge in [0.15, 0.2) is 0 Å². The van der Waals surface area contributed by atoms with Crippen LogP contribution in [0, 0.1) is 0 Å². The number of rotatable bonds is 9. The average molecular weight is 344 g/mol. The molecule has 0 saturated carbocycles. The molecular formula is C19H24N2O4. The van der Waals surface area contributed by atoms with Crippen LogP contribution in [0.25, 0.3) is 0 Å². The summed E-state index contributed by atoms with van der Waals surface area (Å²) in [7, 11) is 1.60. The largest absolute Gasteiger partial charge is 0.467 e. The Bertz CT molecular complexity index is 655. The van der Waals surface area contributed by atoms with Gasteiger partial charge < -0.3 is 19.4 Å². The van der Waals surface area contributed by atoms with Crippen LogP contribution in [0.5, 0.6) is 0 Å². The minimum Gasteiger partial charge on any atom is -0.467 e. The molecule has 0 aliphatic rings. The first kappa shape index (κ1) is 18.7. The molecule has 1 aromatic heterocycles. The predicted molar refractivity (Wildman–Crippen MR) is 94.0 cm³/mol. The summed E-state index contributed by atoms with van der Waals surface area (Å²) in [4.78, 5) is 26.4. The highest BCUT2D eigenvalue weighted by molar-refractivity contribution is 5.94. The van der Waals surface area contributed by atoms with E-state index in [1.807, 2.05) is 19.1 Å². The van der Waals surface area contributed by atoms with Crippen molar-refractivity contribution in [2.45, 2.75) is 25.9 Å². The van der Waals surface area contributed by atoms with Crippen LogP contribution >= 0.6 is 0 Å². The molecule has 134 valence electrons. The second kappa shape index (κ2) is 9.64. The molecule has 0 radical (unpaired) electrons. The van der Waals surface area contributed by atoms with Gasteiger partial charge in [0.2, 0.25) is 5.91 Å². The number of nitrogens with zero attached hydrogens (tertiary/aromatic N) is 1. The number of carbonyl (C=O) groups excluding carboxylic acids is 2. The smallest absolute Gasteiger partial charge is 0.251 e. The molecule has 2 amide bonds. The van der Waals surface area contributed by atoms with Crippen molar-refractivity contribution >= 4 is 11.8 Å². The van der Waals surface area contributed by atoms with Crippen LogP contribution in [0.1, 0.15) is 29.5 Å². The van der Waals surface area contributed by atoms with E-state index in [0.717, 1.165) is 0 Å². The number of furan rings is 1. The van der Waals surface area contributed by atoms with E-state index in [4.69, 9.17) is 9.15 Å². The van der Waals surface area contributed by atoms with Gasteiger partial charge in [0.1, 0.15) is 5.76 Å². The SMILES string of the molecule is COCCN(Cc1ccco1)C(=O)CC(C)NC(=O)c1ccccc1. The van der Waals surface area contributed by atoms with Gasteiger partial charge in [0.05, 0.1) is 19.4 Å². The summed E-state index contributed by atoms with van der Waals surface area (Å²) in [5.41, 5.74) is 0.577. The van der Waals surface area contributed by atoms with E-state index in [-0.39, 0.29) is 24.3 Å². The number of nitrogens with one attached hydrogen (secondary N) is 1. The molecule has 1 N–H and O–H groups in total. The number of carbonyl (C=O) groups is 2. The van der Waals surface area contributed by atoms with Gasteiger partial charge in [-0.1, -0.05) is 18.2 Å². The standard InChI is InChI=1S/C19H24N2O4/c1-15(20-19(23)16-7-4-3-5-8-16)13-18(22)21(10-12-24-2)14-17-9-6-11-25-17/h3-9,11,15H,10,12-14H2,1-2H3,(H,20,23). The number of hydrogen-bond donors (Lipinski definition) is 1. The maximum Gasteiger partial charge on any atom is 0.251 e. The molecule has 0 saturated heterocycles. The Hall–Kier alpha value is -2.60. The lowest BCUT2D eigenvalue weighted by Crippen LogP contribution is -2.40. The van der Waals surface area contributed by atoms with E-state index in [9.17, 15) is 9.59 Å². The van der Waals surface area contributed by atoms with Crippen molar-refractivity contribution in [2.75, 3.05) is 20.3 Å². The Morgan fingerprint density at radius 2 is 1.96 bits per heavy atom. The Kier molecular flexibility index (Phi) is 7.22. The van der Waals surface area contributed by atoms with Crippen molar-refractivity contribution in [3.63, 3.8) is 0 Å². The lowest BCUT2D eigenvalue weighted by atomic mass is 10.1. The summed E-state index contributed by atoms with van der Waals surface area (Å²) in [6.45, 7) is 3.11. The maximum absolute atomic E-state index is 12.6. The topological polar surface area (TPSA) is 71.8 Å². The molecule has 0 aliphatic heterocycles. The van der Waals surface area contributed by atoms with Gasteiger partial charge in [0, 0.05) is 31.7 Å². The fourth-order valence-corrected chi connectivity index (χ4v) is 2.42. The van der Waals surface area contributed by atoms with Crippen molar-refractivity contribution in [1.29, 1.82) is 0 Å². The first-order valence-electron chi connectivity index (χ1n) is 8.25. The first-order chi connectivity index (χ1) is 12.1. The van der Waals surface area contributed by atoms with Crippen LogP contribution in [-0.4, -0.2) is 43.0 Å². The van der Waals surface area contributed by atoms with Crippen molar-refractivity contribution in [3.05, 3.63) is 60.1 Å². The summed E-state index contributed by atoms with van der Waals surface area (Å²) >= 11 is 0. The third-order valence-corrected chi connectivity index (χ3v) is 3.74. The van der Waals surface area contributed by atoms with Crippen LogP contribution in [0.15, 0.2) is 53.1 Å². The molecular weight excluding hydrogens is 320 g/mol. The minimum atomic E-state index is -0.276. The Balaban J connectivity index is 1.90. The van der Waals surface area contributed by atoms with Crippen molar-refractivity contribution in [3.8, 4) is 0 Å². The minimum absolute atomic E-state index is 0.0608. The zero-order valence-corrected chi connectivity index (χ0v) is 14.6. The van der Waals surface area contributed by atoms with Gasteiger partial charge in [0.25, 0.3) is 5.91 Å². The number of methoxy groups -OCH3 is 1. The molecule has 0 fully saturated rings. The monoisotopic (exact) mass is 344 g/mol. The molecule has 25 heavy (non-hydrogen) atoms. The summed E-state index contributed by atoms with van der Waals surface area (Å²) in [6, 6.07) is 12.3. The van der Waals surface area contributed by atoms with E-state index >= 15 is 0 Å². The lowest BCUT2D eigenvalue weighted by Gasteiger charge is -2.23. The molecule has 2 aromatic rings. The fraction of sp³-hybridized carbons (Fsp3) is 0.368. The molecule has 1 atom stereocenters. The number of benzene rings is 1. The highest BCUT2D eigenvalue weighted by Crippen LogP contribution is 2.09. The Morgan fingerprint density at radius 1 is 1.20 bits per heavy atom. The number of hydrogen-bond acceptors (Lipinski definition) is 4. The maximum atomic E-state index is 12.6. The fourth-order valence-electron chi connectivity index (χ4n) is 2.42. The second-order valence-electron chi connectivity index (χ2n) is 5.83. The molecule has 1 aromatic carbocycles. The van der Waals surface area contributed by atoms with E-state index in [0.29, 0.717) is 31.0 Å². The average Bonchev–Trinajstić information content (AvgIpc) is 3.12. The normalized spacial score (nSPS) is 11.8. The van der Waals surface area contributed by atoms with Crippen LogP contribution in [0.2, 0.25) is 0 Å². The summed E-state index contributed by atoms with van der Waals surface area (Å²) < 4.78 is 10.4. The zero-order chi connectivity index (χ0) is 18.1. The molecule has 0 spiro atoms. The van der Waals surface area contributed by atoms with Gasteiger partial charge in [-0.15, -0.1) is 0 Å². The van der Waals surface area contributed by atoms with Gasteiger partial charge in [-0.2, -0.15) is 0 Å². The first-order valence-corrected chi connectivity index (χ1v) is 8.25. The van der Waals surface area contributed by atoms with Gasteiger partial charge in [-0.05, 0) is 31.2 Å². The predicted octanol–water partition coefficient (Wildman–Crippen LogP) is 2.46. The molecule has 6 heteroatoms. The van der Waals surface area contributed by atoms with E-state index in [2.05, 4.69) is 5.32 Å². The van der Waals surface area contributed by atoms with Gasteiger partial charge in [-0.3, -0.25) is 9.59 Å². The van der Waals surface area contributed by atoms with Crippen molar-refractivity contribution < 1.29 is 18.7 Å². The van der Waals surface area contributed by atoms with Gasteiger partial charge in [-0.25, -0.2) is 0 Å². The van der Waals surface area contributed by atoms with Gasteiger partial charge >= 0.3 is 0 Å². The third-order valence-electron chi connectivity index (χ3n) is 3.74. The molecule has 0 bridgehead atoms. The Labute approximate surface area is 147 Å². The molecule has 0 aliphatic carbocycles. The van der Waals surface area contributed by atoms with Crippen molar-refractivity contribution in [2.24, 2.45) is 0 Å². The van der Waals surface area contributed by atoms with Crippen molar-refractivity contribution in [1.82, 2.24) is 10.2 Å². The molecule has 6 nitrogen and oxygen atoms in total. The molecule has 2 rings (SSSR count).